The molecule has 0 unspecified atom stereocenters. The third-order valence-electron chi connectivity index (χ3n) is 4.17. The molecule has 1 aromatic heterocycles. The number of amides is 2. The summed E-state index contributed by atoms with van der Waals surface area (Å²) in [7, 11) is 0. The monoisotopic (exact) mass is 352 g/mol. The number of hydrogen-bond donors (Lipinski definition) is 3. The minimum Gasteiger partial charge on any atom is -0.344 e. The highest BCUT2D eigenvalue weighted by Crippen LogP contribution is 2.22. The first-order valence-electron chi connectivity index (χ1n) is 7.94. The Morgan fingerprint density at radius 2 is 1.96 bits per heavy atom. The van der Waals surface area contributed by atoms with Gasteiger partial charge in [-0.15, -0.1) is 0 Å². The Morgan fingerprint density at radius 1 is 1.08 bits per heavy atom. The molecular weight excluding hydrogens is 336 g/mol. The van der Waals surface area contributed by atoms with Crippen molar-refractivity contribution in [2.75, 3.05) is 5.32 Å². The molecule has 0 atom stereocenters. The Balaban J connectivity index is 1.36. The van der Waals surface area contributed by atoms with Crippen molar-refractivity contribution in [3.8, 4) is 0 Å². The Kier molecular flexibility index (Phi) is 4.17. The van der Waals surface area contributed by atoms with Crippen LogP contribution in [0.4, 0.5) is 5.69 Å². The van der Waals surface area contributed by atoms with Crippen LogP contribution in [0.3, 0.4) is 0 Å². The van der Waals surface area contributed by atoms with E-state index in [1.165, 1.54) is 22.7 Å². The first-order chi connectivity index (χ1) is 12.2. The van der Waals surface area contributed by atoms with Gasteiger partial charge < -0.3 is 16.0 Å². The van der Waals surface area contributed by atoms with Crippen LogP contribution >= 0.6 is 11.5 Å². The third-order valence-corrected chi connectivity index (χ3v) is 4.95. The molecule has 25 heavy (non-hydrogen) atoms. The zero-order chi connectivity index (χ0) is 17.2. The lowest BCUT2D eigenvalue weighted by Crippen LogP contribution is -2.34. The van der Waals surface area contributed by atoms with E-state index in [-0.39, 0.29) is 0 Å². The summed E-state index contributed by atoms with van der Waals surface area (Å²) in [6.45, 7) is 2.05. The summed E-state index contributed by atoms with van der Waals surface area (Å²) >= 11 is 1.39. The van der Waals surface area contributed by atoms with Gasteiger partial charge in [0.2, 0.25) is 0 Å². The van der Waals surface area contributed by atoms with E-state index < -0.39 is 11.8 Å². The van der Waals surface area contributed by atoms with E-state index in [4.69, 9.17) is 0 Å². The Hall–Kier alpha value is -2.77. The van der Waals surface area contributed by atoms with Gasteiger partial charge in [0.15, 0.2) is 0 Å². The number of fused-ring (bicyclic) bond motifs is 2. The van der Waals surface area contributed by atoms with Crippen molar-refractivity contribution < 1.29 is 9.59 Å². The standard InChI is InChI=1S/C18H16N4O2S/c23-17(20-7-11-1-2-12-8-19-9-13(12)5-11)18(24)22-15-3-4-16-14(6-15)10-21-25-16/h1-6,10,19H,7-9H2,(H,20,23)(H,22,24). The normalized spacial score (nSPS) is 12.8. The number of aromatic nitrogens is 1. The van der Waals surface area contributed by atoms with Gasteiger partial charge in [0.25, 0.3) is 0 Å². The molecule has 0 saturated heterocycles. The third kappa shape index (κ3) is 3.38. The summed E-state index contributed by atoms with van der Waals surface area (Å²) in [6, 6.07) is 11.5. The number of anilines is 1. The molecule has 0 spiro atoms. The summed E-state index contributed by atoms with van der Waals surface area (Å²) in [4.78, 5) is 24.1. The van der Waals surface area contributed by atoms with Crippen molar-refractivity contribution in [1.29, 1.82) is 0 Å². The fraction of sp³-hybridized carbons (Fsp3) is 0.167. The minimum atomic E-state index is -0.676. The van der Waals surface area contributed by atoms with Crippen LogP contribution in [0, 0.1) is 0 Å². The maximum absolute atomic E-state index is 12.0. The lowest BCUT2D eigenvalue weighted by atomic mass is 10.1. The van der Waals surface area contributed by atoms with Crippen molar-refractivity contribution >= 4 is 39.1 Å². The van der Waals surface area contributed by atoms with Gasteiger partial charge in [-0.25, -0.2) is 0 Å². The smallest absolute Gasteiger partial charge is 0.313 e. The lowest BCUT2D eigenvalue weighted by Gasteiger charge is -2.08. The molecule has 0 bridgehead atoms. The van der Waals surface area contributed by atoms with Crippen LogP contribution < -0.4 is 16.0 Å². The Labute approximate surface area is 148 Å². The average Bonchev–Trinajstić information content (AvgIpc) is 3.27. The predicted molar refractivity (Wildman–Crippen MR) is 97.1 cm³/mol. The zero-order valence-corrected chi connectivity index (χ0v) is 14.2. The lowest BCUT2D eigenvalue weighted by molar-refractivity contribution is -0.136. The number of nitrogens with zero attached hydrogens (tertiary/aromatic N) is 1. The van der Waals surface area contributed by atoms with E-state index >= 15 is 0 Å². The highest BCUT2D eigenvalue weighted by atomic mass is 32.1. The molecule has 2 amide bonds. The predicted octanol–water partition coefficient (Wildman–Crippen LogP) is 2.15. The van der Waals surface area contributed by atoms with Gasteiger partial charge >= 0.3 is 11.8 Å². The van der Waals surface area contributed by atoms with E-state index in [0.717, 1.165) is 28.7 Å². The summed E-state index contributed by atoms with van der Waals surface area (Å²) in [5.41, 5.74) is 4.09. The first kappa shape index (κ1) is 15.7. The quantitative estimate of drug-likeness (QED) is 0.631. The van der Waals surface area contributed by atoms with E-state index in [1.54, 1.807) is 18.3 Å². The molecule has 6 nitrogen and oxygen atoms in total. The van der Waals surface area contributed by atoms with Crippen molar-refractivity contribution in [3.63, 3.8) is 0 Å². The van der Waals surface area contributed by atoms with Crippen LogP contribution in [0.5, 0.6) is 0 Å². The number of nitrogens with one attached hydrogen (secondary N) is 3. The van der Waals surface area contributed by atoms with Gasteiger partial charge in [0, 0.05) is 36.9 Å². The highest BCUT2D eigenvalue weighted by molar-refractivity contribution is 7.13. The summed E-state index contributed by atoms with van der Waals surface area (Å²) < 4.78 is 5.13. The molecular formula is C18H16N4O2S. The van der Waals surface area contributed by atoms with Crippen molar-refractivity contribution in [3.05, 3.63) is 59.3 Å². The number of carbonyl (C=O) groups excluding carboxylic acids is 2. The second-order valence-electron chi connectivity index (χ2n) is 5.92. The van der Waals surface area contributed by atoms with Gasteiger partial charge in [-0.2, -0.15) is 4.37 Å². The zero-order valence-electron chi connectivity index (χ0n) is 13.3. The van der Waals surface area contributed by atoms with Gasteiger partial charge in [0.05, 0.1) is 4.70 Å². The van der Waals surface area contributed by atoms with Crippen LogP contribution in [-0.4, -0.2) is 16.2 Å². The van der Waals surface area contributed by atoms with Crippen LogP contribution in [0.15, 0.2) is 42.6 Å². The molecule has 0 aliphatic carbocycles. The molecule has 0 radical (unpaired) electrons. The minimum absolute atomic E-state index is 0.326. The van der Waals surface area contributed by atoms with E-state index in [2.05, 4.69) is 32.5 Å². The molecule has 1 aliphatic heterocycles. The number of benzene rings is 2. The average molecular weight is 352 g/mol. The SMILES string of the molecule is O=C(NCc1ccc2c(c1)CNC2)C(=O)Nc1ccc2sncc2c1. The molecule has 1 aliphatic rings. The van der Waals surface area contributed by atoms with Gasteiger partial charge in [-0.1, -0.05) is 18.2 Å². The summed E-state index contributed by atoms with van der Waals surface area (Å²) in [6.07, 6.45) is 1.73. The van der Waals surface area contributed by atoms with E-state index in [0.29, 0.717) is 12.2 Å². The van der Waals surface area contributed by atoms with Gasteiger partial charge in [0.1, 0.15) is 0 Å². The number of carbonyl (C=O) groups is 2. The van der Waals surface area contributed by atoms with E-state index in [9.17, 15) is 9.59 Å². The topological polar surface area (TPSA) is 83.1 Å². The molecule has 2 aromatic carbocycles. The largest absolute Gasteiger partial charge is 0.344 e. The summed E-state index contributed by atoms with van der Waals surface area (Å²) in [5.74, 6) is -1.33. The Bertz CT molecular complexity index is 967. The molecule has 0 saturated carbocycles. The van der Waals surface area contributed by atoms with Crippen LogP contribution in [0.2, 0.25) is 0 Å². The maximum atomic E-state index is 12.0. The Morgan fingerprint density at radius 3 is 2.88 bits per heavy atom. The fourth-order valence-electron chi connectivity index (χ4n) is 2.86. The van der Waals surface area contributed by atoms with Crippen molar-refractivity contribution in [2.45, 2.75) is 19.6 Å². The van der Waals surface area contributed by atoms with E-state index in [1.807, 2.05) is 12.1 Å². The second-order valence-corrected chi connectivity index (χ2v) is 6.76. The van der Waals surface area contributed by atoms with Crippen LogP contribution in [0.1, 0.15) is 16.7 Å². The molecule has 7 heteroatoms. The highest BCUT2D eigenvalue weighted by Gasteiger charge is 2.15. The summed E-state index contributed by atoms with van der Waals surface area (Å²) in [5, 5.41) is 9.50. The molecule has 3 aromatic rings. The number of rotatable bonds is 3. The van der Waals surface area contributed by atoms with Crippen LogP contribution in [-0.2, 0) is 29.2 Å². The molecule has 4 rings (SSSR count). The molecule has 2 heterocycles. The van der Waals surface area contributed by atoms with Crippen molar-refractivity contribution in [1.82, 2.24) is 15.0 Å². The number of hydrogen-bond acceptors (Lipinski definition) is 5. The fourth-order valence-corrected chi connectivity index (χ4v) is 3.48. The molecule has 0 fully saturated rings. The molecule has 3 N–H and O–H groups in total. The van der Waals surface area contributed by atoms with Gasteiger partial charge in [-0.3, -0.25) is 9.59 Å². The molecule has 126 valence electrons. The maximum Gasteiger partial charge on any atom is 0.313 e. The first-order valence-corrected chi connectivity index (χ1v) is 8.71. The van der Waals surface area contributed by atoms with Crippen molar-refractivity contribution in [2.24, 2.45) is 0 Å². The second kappa shape index (κ2) is 6.62. The van der Waals surface area contributed by atoms with Crippen LogP contribution in [0.25, 0.3) is 10.1 Å². The van der Waals surface area contributed by atoms with Gasteiger partial charge in [-0.05, 0) is 46.4 Å².